The molecular formula is C19H18N6O4S. The van der Waals surface area contributed by atoms with Crippen molar-refractivity contribution >= 4 is 34.0 Å². The summed E-state index contributed by atoms with van der Waals surface area (Å²) in [4.78, 5) is 22.4. The lowest BCUT2D eigenvalue weighted by molar-refractivity contribution is -0.384. The summed E-state index contributed by atoms with van der Waals surface area (Å²) in [6.45, 7) is 1.38. The van der Waals surface area contributed by atoms with Gasteiger partial charge in [0.1, 0.15) is 5.75 Å². The number of benzene rings is 2. The summed E-state index contributed by atoms with van der Waals surface area (Å²) in [5.41, 5.74) is 3.83. The van der Waals surface area contributed by atoms with Gasteiger partial charge >= 0.3 is 0 Å². The topological polar surface area (TPSA) is 125 Å². The molecule has 11 heteroatoms. The van der Waals surface area contributed by atoms with Gasteiger partial charge in [-0.2, -0.15) is 5.10 Å². The highest BCUT2D eigenvalue weighted by atomic mass is 32.2. The predicted octanol–water partition coefficient (Wildman–Crippen LogP) is 3.51. The van der Waals surface area contributed by atoms with Crippen molar-refractivity contribution in [1.29, 1.82) is 0 Å². The Bertz CT molecular complexity index is 1110. The summed E-state index contributed by atoms with van der Waals surface area (Å²) in [7, 11) is 3.38. The molecule has 0 radical (unpaired) electrons. The molecule has 1 N–H and O–H groups in total. The highest BCUT2D eigenvalue weighted by Gasteiger charge is 2.17. The number of hydrogen-bond acceptors (Lipinski definition) is 9. The third-order valence-corrected chi connectivity index (χ3v) is 5.13. The van der Waals surface area contributed by atoms with Crippen LogP contribution in [0.1, 0.15) is 6.92 Å². The lowest BCUT2D eigenvalue weighted by atomic mass is 10.2. The monoisotopic (exact) mass is 426 g/mol. The first-order valence-electron chi connectivity index (χ1n) is 8.70. The van der Waals surface area contributed by atoms with Gasteiger partial charge in [0.15, 0.2) is 21.8 Å². The van der Waals surface area contributed by atoms with E-state index in [1.54, 1.807) is 24.8 Å². The van der Waals surface area contributed by atoms with Gasteiger partial charge in [-0.15, -0.1) is 10.2 Å². The van der Waals surface area contributed by atoms with Crippen LogP contribution >= 0.6 is 11.8 Å². The number of carbonyl (C=O) groups is 1. The minimum Gasteiger partial charge on any atom is -0.497 e. The van der Waals surface area contributed by atoms with E-state index >= 15 is 0 Å². The lowest BCUT2D eigenvalue weighted by Gasteiger charge is -2.06. The number of nitro groups is 1. The lowest BCUT2D eigenvalue weighted by Crippen LogP contribution is -2.09. The number of ketones is 1. The van der Waals surface area contributed by atoms with E-state index in [0.717, 1.165) is 23.1 Å². The van der Waals surface area contributed by atoms with Gasteiger partial charge in [0.25, 0.3) is 5.69 Å². The quantitative estimate of drug-likeness (QED) is 0.200. The van der Waals surface area contributed by atoms with Crippen LogP contribution in [0.25, 0.3) is 11.4 Å². The third kappa shape index (κ3) is 4.81. The smallest absolute Gasteiger partial charge is 0.271 e. The minimum atomic E-state index is -0.504. The maximum atomic E-state index is 12.0. The fraction of sp³-hybridized carbons (Fsp3) is 0.158. The molecule has 0 amide bonds. The molecule has 30 heavy (non-hydrogen) atoms. The van der Waals surface area contributed by atoms with Crippen molar-refractivity contribution in [2.45, 2.75) is 12.1 Å². The fourth-order valence-corrected chi connectivity index (χ4v) is 3.17. The van der Waals surface area contributed by atoms with Crippen molar-refractivity contribution < 1.29 is 14.5 Å². The summed E-state index contributed by atoms with van der Waals surface area (Å²) in [5.74, 6) is 1.07. The molecule has 3 aromatic rings. The molecule has 0 aliphatic heterocycles. The Morgan fingerprint density at radius 3 is 2.60 bits per heavy atom. The number of carbonyl (C=O) groups excluding carboxylic acids is 1. The number of aromatic nitrogens is 3. The van der Waals surface area contributed by atoms with Crippen LogP contribution < -0.4 is 10.2 Å². The average Bonchev–Trinajstić information content (AvgIpc) is 3.11. The molecule has 0 aliphatic rings. The van der Waals surface area contributed by atoms with Gasteiger partial charge in [-0.1, -0.05) is 6.07 Å². The van der Waals surface area contributed by atoms with Crippen LogP contribution in [0.5, 0.6) is 5.75 Å². The molecule has 0 bridgehead atoms. The molecule has 0 atom stereocenters. The molecule has 0 aliphatic carbocycles. The molecule has 0 unspecified atom stereocenters. The van der Waals surface area contributed by atoms with E-state index in [0.29, 0.717) is 16.7 Å². The van der Waals surface area contributed by atoms with Crippen molar-refractivity contribution in [3.05, 3.63) is 58.6 Å². The Balaban J connectivity index is 1.81. The van der Waals surface area contributed by atoms with Crippen LogP contribution in [-0.2, 0) is 11.8 Å². The molecule has 2 aromatic carbocycles. The highest BCUT2D eigenvalue weighted by molar-refractivity contribution is 8.15. The van der Waals surface area contributed by atoms with Crippen molar-refractivity contribution in [3.63, 3.8) is 0 Å². The van der Waals surface area contributed by atoms with E-state index in [2.05, 4.69) is 20.7 Å². The van der Waals surface area contributed by atoms with Crippen LogP contribution in [0, 0.1) is 10.1 Å². The number of nitro benzene ring substituents is 1. The molecule has 0 spiro atoms. The molecule has 154 valence electrons. The zero-order valence-corrected chi connectivity index (χ0v) is 17.2. The number of non-ortho nitro benzene ring substituents is 1. The number of hydrogen-bond donors (Lipinski definition) is 1. The van der Waals surface area contributed by atoms with Gasteiger partial charge in [-0.3, -0.25) is 20.3 Å². The first kappa shape index (κ1) is 21.0. The largest absolute Gasteiger partial charge is 0.497 e. The first-order valence-corrected chi connectivity index (χ1v) is 9.51. The zero-order valence-electron chi connectivity index (χ0n) is 16.4. The summed E-state index contributed by atoms with van der Waals surface area (Å²) in [6, 6.07) is 13.2. The number of Topliss-reactive ketones (excluding diaryl/α,β-unsaturated/α-hetero) is 1. The SMILES string of the molecule is COc1ccc(-c2nnc(SC(=NNc3cccc([N+](=O)[O-])c3)C(C)=O)n2C)cc1. The second-order valence-corrected chi connectivity index (χ2v) is 7.04. The standard InChI is InChI=1S/C19H18N6O4S/c1-12(26)18(22-20-14-5-4-6-15(11-14)25(27)28)30-19-23-21-17(24(19)2)13-7-9-16(29-3)10-8-13/h4-11,20H,1-3H3. The average molecular weight is 426 g/mol. The number of nitrogens with one attached hydrogen (secondary N) is 1. The van der Waals surface area contributed by atoms with Crippen LogP contribution in [0.15, 0.2) is 58.8 Å². The van der Waals surface area contributed by atoms with Gasteiger partial charge in [0.05, 0.1) is 17.7 Å². The number of hydrazone groups is 1. The fourth-order valence-electron chi connectivity index (χ4n) is 2.46. The number of thioether (sulfide) groups is 1. The highest BCUT2D eigenvalue weighted by Crippen LogP contribution is 2.26. The van der Waals surface area contributed by atoms with Gasteiger partial charge in [-0.25, -0.2) is 0 Å². The number of ether oxygens (including phenoxy) is 1. The number of rotatable bonds is 7. The molecule has 3 rings (SSSR count). The van der Waals surface area contributed by atoms with Gasteiger partial charge in [0.2, 0.25) is 0 Å². The second kappa shape index (κ2) is 9.18. The summed E-state index contributed by atoms with van der Waals surface area (Å²) in [6.07, 6.45) is 0. The number of nitrogens with zero attached hydrogens (tertiary/aromatic N) is 5. The van der Waals surface area contributed by atoms with Gasteiger partial charge in [0, 0.05) is 31.7 Å². The normalized spacial score (nSPS) is 11.2. The maximum Gasteiger partial charge on any atom is 0.271 e. The maximum absolute atomic E-state index is 12.0. The molecule has 0 fully saturated rings. The number of anilines is 1. The second-order valence-electron chi connectivity index (χ2n) is 6.09. The van der Waals surface area contributed by atoms with E-state index in [-0.39, 0.29) is 16.5 Å². The minimum absolute atomic E-state index is 0.0790. The zero-order chi connectivity index (χ0) is 21.7. The van der Waals surface area contributed by atoms with Crippen molar-refractivity contribution in [2.24, 2.45) is 12.1 Å². The van der Waals surface area contributed by atoms with E-state index in [4.69, 9.17) is 4.74 Å². The predicted molar refractivity (Wildman–Crippen MR) is 114 cm³/mol. The van der Waals surface area contributed by atoms with Crippen LogP contribution in [0.3, 0.4) is 0 Å². The summed E-state index contributed by atoms with van der Waals surface area (Å²) < 4.78 is 6.91. The molecular weight excluding hydrogens is 408 g/mol. The van der Waals surface area contributed by atoms with Crippen molar-refractivity contribution in [1.82, 2.24) is 14.8 Å². The van der Waals surface area contributed by atoms with Crippen molar-refractivity contribution in [3.8, 4) is 17.1 Å². The Hall–Kier alpha value is -3.73. The Morgan fingerprint density at radius 2 is 1.97 bits per heavy atom. The van der Waals surface area contributed by atoms with Gasteiger partial charge < -0.3 is 9.30 Å². The van der Waals surface area contributed by atoms with E-state index in [1.165, 1.54) is 25.1 Å². The molecule has 10 nitrogen and oxygen atoms in total. The third-order valence-electron chi connectivity index (χ3n) is 4.02. The van der Waals surface area contributed by atoms with Crippen LogP contribution in [0.2, 0.25) is 0 Å². The molecule has 1 aromatic heterocycles. The molecule has 1 heterocycles. The molecule has 0 saturated carbocycles. The summed E-state index contributed by atoms with van der Waals surface area (Å²) >= 11 is 1.05. The van der Waals surface area contributed by atoms with E-state index < -0.39 is 4.92 Å². The number of methoxy groups -OCH3 is 1. The summed E-state index contributed by atoms with van der Waals surface area (Å²) in [5, 5.41) is 23.9. The molecule has 0 saturated heterocycles. The van der Waals surface area contributed by atoms with E-state index in [9.17, 15) is 14.9 Å². The van der Waals surface area contributed by atoms with Crippen LogP contribution in [-0.4, -0.2) is 37.6 Å². The Kier molecular flexibility index (Phi) is 6.42. The first-order chi connectivity index (χ1) is 14.4. The van der Waals surface area contributed by atoms with Crippen LogP contribution in [0.4, 0.5) is 11.4 Å². The van der Waals surface area contributed by atoms with Gasteiger partial charge in [-0.05, 0) is 42.1 Å². The Labute approximate surface area is 176 Å². The van der Waals surface area contributed by atoms with Crippen molar-refractivity contribution in [2.75, 3.05) is 12.5 Å². The van der Waals surface area contributed by atoms with E-state index in [1.807, 2.05) is 24.3 Å². The Morgan fingerprint density at radius 1 is 1.23 bits per heavy atom.